The van der Waals surface area contributed by atoms with E-state index in [1.165, 1.54) is 0 Å². The summed E-state index contributed by atoms with van der Waals surface area (Å²) in [5.74, 6) is -0.210. The molecule has 112 valence electrons. The third-order valence-corrected chi connectivity index (χ3v) is 3.87. The van der Waals surface area contributed by atoms with E-state index in [1.807, 2.05) is 0 Å². The van der Waals surface area contributed by atoms with Crippen molar-refractivity contribution < 1.29 is 4.39 Å². The summed E-state index contributed by atoms with van der Waals surface area (Å²) in [4.78, 5) is 2.16. The predicted octanol–water partition coefficient (Wildman–Crippen LogP) is 4.57. The summed E-state index contributed by atoms with van der Waals surface area (Å²) in [6, 6.07) is 10.5. The van der Waals surface area contributed by atoms with Gasteiger partial charge >= 0.3 is 0 Å². The third kappa shape index (κ3) is 3.74. The molecule has 21 heavy (non-hydrogen) atoms. The van der Waals surface area contributed by atoms with Gasteiger partial charge in [0.2, 0.25) is 0 Å². The maximum atomic E-state index is 14.8. The third-order valence-electron chi connectivity index (χ3n) is 3.61. The Balaban J connectivity index is 2.43. The molecule has 0 heterocycles. The van der Waals surface area contributed by atoms with Crippen LogP contribution in [0.3, 0.4) is 0 Å². The normalized spacial score (nSPS) is 11.1. The summed E-state index contributed by atoms with van der Waals surface area (Å²) in [5.41, 5.74) is 8.45. The van der Waals surface area contributed by atoms with Crippen molar-refractivity contribution >= 4 is 17.3 Å². The van der Waals surface area contributed by atoms with E-state index in [1.54, 1.807) is 36.4 Å². The second kappa shape index (κ2) is 6.92. The Morgan fingerprint density at radius 3 is 2.29 bits per heavy atom. The number of nitrogens with two attached hydrogens (primary N) is 1. The molecule has 2 aromatic rings. The lowest BCUT2D eigenvalue weighted by Gasteiger charge is -2.19. The number of rotatable bonds is 5. The molecular formula is C17H20ClFN2. The molecule has 0 saturated heterocycles. The zero-order chi connectivity index (χ0) is 15.4. The van der Waals surface area contributed by atoms with Crippen molar-refractivity contribution in [3.05, 3.63) is 52.8 Å². The molecule has 0 aliphatic rings. The first-order chi connectivity index (χ1) is 10.0. The van der Waals surface area contributed by atoms with Gasteiger partial charge in [-0.3, -0.25) is 4.90 Å². The van der Waals surface area contributed by atoms with E-state index in [0.717, 1.165) is 18.7 Å². The Kier molecular flexibility index (Phi) is 5.21. The molecule has 0 bridgehead atoms. The summed E-state index contributed by atoms with van der Waals surface area (Å²) in [6.07, 6.45) is 0. The molecule has 2 aromatic carbocycles. The number of anilines is 1. The first kappa shape index (κ1) is 15.8. The van der Waals surface area contributed by atoms with Gasteiger partial charge in [0.05, 0.1) is 0 Å². The van der Waals surface area contributed by atoms with E-state index >= 15 is 0 Å². The van der Waals surface area contributed by atoms with Gasteiger partial charge < -0.3 is 5.73 Å². The van der Waals surface area contributed by atoms with Gasteiger partial charge in [-0.1, -0.05) is 37.6 Å². The van der Waals surface area contributed by atoms with Crippen LogP contribution in [0.4, 0.5) is 10.1 Å². The van der Waals surface area contributed by atoms with Crippen LogP contribution >= 0.6 is 11.6 Å². The Labute approximate surface area is 130 Å². The highest BCUT2D eigenvalue weighted by Gasteiger charge is 2.13. The van der Waals surface area contributed by atoms with E-state index in [0.29, 0.717) is 28.4 Å². The fourth-order valence-corrected chi connectivity index (χ4v) is 2.48. The Morgan fingerprint density at radius 2 is 1.71 bits per heavy atom. The van der Waals surface area contributed by atoms with Gasteiger partial charge in [-0.05, 0) is 42.9 Å². The summed E-state index contributed by atoms with van der Waals surface area (Å²) in [6.45, 7) is 6.44. The molecule has 0 fully saturated rings. The first-order valence-electron chi connectivity index (χ1n) is 7.11. The minimum absolute atomic E-state index is 0.210. The van der Waals surface area contributed by atoms with E-state index in [9.17, 15) is 4.39 Å². The molecule has 0 atom stereocenters. The van der Waals surface area contributed by atoms with Gasteiger partial charge in [-0.25, -0.2) is 4.39 Å². The van der Waals surface area contributed by atoms with Crippen molar-refractivity contribution in [1.82, 2.24) is 4.90 Å². The molecular weight excluding hydrogens is 287 g/mol. The molecule has 0 radical (unpaired) electrons. The fourth-order valence-electron chi connectivity index (χ4n) is 2.35. The topological polar surface area (TPSA) is 29.3 Å². The van der Waals surface area contributed by atoms with Crippen LogP contribution in [-0.4, -0.2) is 18.0 Å². The first-order valence-corrected chi connectivity index (χ1v) is 7.49. The second-order valence-electron chi connectivity index (χ2n) is 5.01. The van der Waals surface area contributed by atoms with Crippen LogP contribution < -0.4 is 5.73 Å². The van der Waals surface area contributed by atoms with E-state index in [4.69, 9.17) is 17.3 Å². The number of hydrogen-bond acceptors (Lipinski definition) is 2. The number of hydrogen-bond donors (Lipinski definition) is 1. The standard InChI is InChI=1S/C17H20ClFN2/c1-3-21(4-2)11-13-9-15(20)10-16(17(13)19)12-5-7-14(18)8-6-12/h5-10H,3-4,11,20H2,1-2H3. The number of nitrogen functional groups attached to an aromatic ring is 1. The molecule has 0 unspecified atom stereocenters. The summed E-state index contributed by atoms with van der Waals surface area (Å²) < 4.78 is 14.8. The number of halogens is 2. The summed E-state index contributed by atoms with van der Waals surface area (Å²) >= 11 is 5.88. The monoisotopic (exact) mass is 306 g/mol. The van der Waals surface area contributed by atoms with Crippen molar-refractivity contribution in [3.8, 4) is 11.1 Å². The van der Waals surface area contributed by atoms with Gasteiger partial charge in [0.15, 0.2) is 0 Å². The SMILES string of the molecule is CCN(CC)Cc1cc(N)cc(-c2ccc(Cl)cc2)c1F. The van der Waals surface area contributed by atoms with Crippen LogP contribution in [0.15, 0.2) is 36.4 Å². The van der Waals surface area contributed by atoms with Crippen molar-refractivity contribution in [1.29, 1.82) is 0 Å². The lowest BCUT2D eigenvalue weighted by atomic mass is 10.0. The molecule has 0 aliphatic heterocycles. The van der Waals surface area contributed by atoms with Crippen molar-refractivity contribution in [2.24, 2.45) is 0 Å². The minimum atomic E-state index is -0.210. The summed E-state index contributed by atoms with van der Waals surface area (Å²) in [5, 5.41) is 0.631. The Bertz CT molecular complexity index is 607. The van der Waals surface area contributed by atoms with Crippen LogP contribution in [0.25, 0.3) is 11.1 Å². The molecule has 0 aliphatic carbocycles. The van der Waals surface area contributed by atoms with Crippen molar-refractivity contribution in [2.75, 3.05) is 18.8 Å². The van der Waals surface area contributed by atoms with E-state index in [2.05, 4.69) is 18.7 Å². The second-order valence-corrected chi connectivity index (χ2v) is 5.45. The van der Waals surface area contributed by atoms with Gasteiger partial charge in [0.25, 0.3) is 0 Å². The fraction of sp³-hybridized carbons (Fsp3) is 0.294. The quantitative estimate of drug-likeness (QED) is 0.820. The summed E-state index contributed by atoms with van der Waals surface area (Å²) in [7, 11) is 0. The maximum absolute atomic E-state index is 14.8. The molecule has 0 saturated carbocycles. The zero-order valence-electron chi connectivity index (χ0n) is 12.4. The highest BCUT2D eigenvalue weighted by molar-refractivity contribution is 6.30. The predicted molar refractivity (Wildman–Crippen MR) is 87.9 cm³/mol. The molecule has 0 aromatic heterocycles. The van der Waals surface area contributed by atoms with Crippen LogP contribution in [0.2, 0.25) is 5.02 Å². The van der Waals surface area contributed by atoms with Crippen LogP contribution in [0.1, 0.15) is 19.4 Å². The van der Waals surface area contributed by atoms with Crippen molar-refractivity contribution in [2.45, 2.75) is 20.4 Å². The highest BCUT2D eigenvalue weighted by atomic mass is 35.5. The molecule has 2 N–H and O–H groups in total. The lowest BCUT2D eigenvalue weighted by molar-refractivity contribution is 0.291. The average Bonchev–Trinajstić information content (AvgIpc) is 2.48. The van der Waals surface area contributed by atoms with Crippen LogP contribution in [-0.2, 0) is 6.54 Å². The van der Waals surface area contributed by atoms with Gasteiger partial charge in [-0.15, -0.1) is 0 Å². The zero-order valence-corrected chi connectivity index (χ0v) is 13.1. The minimum Gasteiger partial charge on any atom is -0.399 e. The van der Waals surface area contributed by atoms with Gasteiger partial charge in [0, 0.05) is 28.4 Å². The van der Waals surface area contributed by atoms with E-state index in [-0.39, 0.29) is 5.82 Å². The lowest BCUT2D eigenvalue weighted by Crippen LogP contribution is -2.23. The molecule has 2 rings (SSSR count). The molecule has 2 nitrogen and oxygen atoms in total. The Morgan fingerprint density at radius 1 is 1.10 bits per heavy atom. The Hall–Kier alpha value is -1.58. The van der Waals surface area contributed by atoms with E-state index < -0.39 is 0 Å². The smallest absolute Gasteiger partial charge is 0.135 e. The highest BCUT2D eigenvalue weighted by Crippen LogP contribution is 2.29. The van der Waals surface area contributed by atoms with Crippen molar-refractivity contribution in [3.63, 3.8) is 0 Å². The number of benzene rings is 2. The van der Waals surface area contributed by atoms with Gasteiger partial charge in [0.1, 0.15) is 5.82 Å². The molecule has 4 heteroatoms. The largest absolute Gasteiger partial charge is 0.399 e. The molecule has 0 spiro atoms. The molecule has 0 amide bonds. The van der Waals surface area contributed by atoms with Crippen LogP contribution in [0.5, 0.6) is 0 Å². The number of nitrogens with zero attached hydrogens (tertiary/aromatic N) is 1. The maximum Gasteiger partial charge on any atom is 0.135 e. The van der Waals surface area contributed by atoms with Gasteiger partial charge in [-0.2, -0.15) is 0 Å². The average molecular weight is 307 g/mol. The van der Waals surface area contributed by atoms with Crippen LogP contribution in [0, 0.1) is 5.82 Å².